The molecule has 2 aromatic carbocycles. The SMILES string of the molecule is Cc1ccc(-c2cc3ccc([N+](=O)[O-])cc3n2COCC[Si](C)(C)C)cc1C. The summed E-state index contributed by atoms with van der Waals surface area (Å²) in [6.07, 6.45) is 0. The first-order valence-electron chi connectivity index (χ1n) is 9.59. The van der Waals surface area contributed by atoms with Crippen LogP contribution in [0.4, 0.5) is 5.69 Å². The molecule has 148 valence electrons. The van der Waals surface area contributed by atoms with Gasteiger partial charge in [0.1, 0.15) is 6.73 Å². The lowest BCUT2D eigenvalue weighted by Crippen LogP contribution is -2.22. The fourth-order valence-electron chi connectivity index (χ4n) is 3.17. The van der Waals surface area contributed by atoms with Gasteiger partial charge in [0, 0.05) is 32.2 Å². The first-order valence-corrected chi connectivity index (χ1v) is 13.3. The number of hydrogen-bond donors (Lipinski definition) is 0. The number of ether oxygens (including phenoxy) is 1. The molecule has 0 saturated heterocycles. The summed E-state index contributed by atoms with van der Waals surface area (Å²) in [6, 6.07) is 14.6. The van der Waals surface area contributed by atoms with E-state index < -0.39 is 8.07 Å². The lowest BCUT2D eigenvalue weighted by atomic mass is 10.0. The van der Waals surface area contributed by atoms with Crippen molar-refractivity contribution in [1.82, 2.24) is 4.57 Å². The van der Waals surface area contributed by atoms with Crippen LogP contribution < -0.4 is 0 Å². The van der Waals surface area contributed by atoms with Gasteiger partial charge in [-0.15, -0.1) is 0 Å². The topological polar surface area (TPSA) is 57.3 Å². The van der Waals surface area contributed by atoms with E-state index in [2.05, 4.69) is 62.3 Å². The molecule has 0 unspecified atom stereocenters. The number of nitro benzene ring substituents is 1. The quantitative estimate of drug-likeness (QED) is 0.208. The number of non-ortho nitro benzene ring substituents is 1. The highest BCUT2D eigenvalue weighted by atomic mass is 28.3. The zero-order chi connectivity index (χ0) is 20.5. The van der Waals surface area contributed by atoms with Crippen molar-refractivity contribution in [2.24, 2.45) is 0 Å². The van der Waals surface area contributed by atoms with Gasteiger partial charge in [0.2, 0.25) is 0 Å². The van der Waals surface area contributed by atoms with E-state index in [9.17, 15) is 10.1 Å². The molecule has 0 atom stereocenters. The summed E-state index contributed by atoms with van der Waals surface area (Å²) >= 11 is 0. The minimum atomic E-state index is -1.17. The smallest absolute Gasteiger partial charge is 0.271 e. The van der Waals surface area contributed by atoms with Crippen molar-refractivity contribution in [3.05, 3.63) is 63.7 Å². The Morgan fingerprint density at radius 1 is 1.04 bits per heavy atom. The molecule has 1 aromatic heterocycles. The molecule has 0 spiro atoms. The molecule has 0 radical (unpaired) electrons. The summed E-state index contributed by atoms with van der Waals surface area (Å²) < 4.78 is 8.06. The Labute approximate surface area is 167 Å². The number of benzene rings is 2. The third-order valence-electron chi connectivity index (χ3n) is 5.12. The minimum absolute atomic E-state index is 0.0978. The molecule has 0 saturated carbocycles. The van der Waals surface area contributed by atoms with Crippen molar-refractivity contribution in [3.63, 3.8) is 0 Å². The summed E-state index contributed by atoms with van der Waals surface area (Å²) in [6.45, 7) is 12.3. The van der Waals surface area contributed by atoms with E-state index in [0.29, 0.717) is 13.3 Å². The second kappa shape index (κ2) is 7.89. The van der Waals surface area contributed by atoms with Crippen LogP contribution in [0.5, 0.6) is 0 Å². The summed E-state index contributed by atoms with van der Waals surface area (Å²) in [5.41, 5.74) is 5.51. The van der Waals surface area contributed by atoms with Gasteiger partial charge >= 0.3 is 0 Å². The van der Waals surface area contributed by atoms with E-state index in [0.717, 1.165) is 28.2 Å². The van der Waals surface area contributed by atoms with Crippen LogP contribution in [0.1, 0.15) is 11.1 Å². The number of hydrogen-bond acceptors (Lipinski definition) is 3. The van der Waals surface area contributed by atoms with Crippen LogP contribution >= 0.6 is 0 Å². The maximum Gasteiger partial charge on any atom is 0.271 e. The highest BCUT2D eigenvalue weighted by Crippen LogP contribution is 2.31. The third kappa shape index (κ3) is 4.51. The van der Waals surface area contributed by atoms with Crippen LogP contribution in [0.15, 0.2) is 42.5 Å². The number of rotatable bonds is 7. The normalized spacial score (nSPS) is 11.9. The monoisotopic (exact) mass is 396 g/mol. The molecule has 0 aliphatic carbocycles. The standard InChI is InChI=1S/C22H28N2O3Si/c1-16-6-7-18(12-17(16)2)21-13-19-8-9-20(24(25)26)14-22(19)23(21)15-27-10-11-28(3,4)5/h6-9,12-14H,10-11,15H2,1-5H3. The number of aryl methyl sites for hydroxylation is 2. The molecule has 6 heteroatoms. The Kier molecular flexibility index (Phi) is 5.72. The van der Waals surface area contributed by atoms with E-state index in [-0.39, 0.29) is 10.6 Å². The van der Waals surface area contributed by atoms with Crippen LogP contribution in [-0.4, -0.2) is 24.2 Å². The Balaban J connectivity index is 2.03. The zero-order valence-corrected chi connectivity index (χ0v) is 18.3. The minimum Gasteiger partial charge on any atom is -0.361 e. The van der Waals surface area contributed by atoms with Gasteiger partial charge in [0.25, 0.3) is 5.69 Å². The van der Waals surface area contributed by atoms with Crippen molar-refractivity contribution in [2.75, 3.05) is 6.61 Å². The number of fused-ring (bicyclic) bond motifs is 1. The second-order valence-corrected chi connectivity index (χ2v) is 14.2. The average molecular weight is 397 g/mol. The predicted octanol–water partition coefficient (Wildman–Crippen LogP) is 6.15. The molecule has 0 N–H and O–H groups in total. The van der Waals surface area contributed by atoms with Crippen molar-refractivity contribution in [3.8, 4) is 11.3 Å². The van der Waals surface area contributed by atoms with Gasteiger partial charge in [-0.1, -0.05) is 31.8 Å². The van der Waals surface area contributed by atoms with Crippen LogP contribution in [0.25, 0.3) is 22.2 Å². The molecule has 3 aromatic rings. The molecular formula is C22H28N2O3Si. The molecule has 28 heavy (non-hydrogen) atoms. The van der Waals surface area contributed by atoms with Crippen LogP contribution in [0.2, 0.25) is 25.7 Å². The highest BCUT2D eigenvalue weighted by Gasteiger charge is 2.16. The molecule has 3 rings (SSSR count). The maximum atomic E-state index is 11.3. The maximum absolute atomic E-state index is 11.3. The molecule has 0 fully saturated rings. The van der Waals surface area contributed by atoms with Gasteiger partial charge in [0.15, 0.2) is 0 Å². The Bertz CT molecular complexity index is 1020. The highest BCUT2D eigenvalue weighted by molar-refractivity contribution is 6.76. The zero-order valence-electron chi connectivity index (χ0n) is 17.3. The number of nitrogens with zero attached hydrogens (tertiary/aromatic N) is 2. The molecule has 0 aliphatic rings. The van der Waals surface area contributed by atoms with E-state index in [1.807, 2.05) is 6.07 Å². The van der Waals surface area contributed by atoms with E-state index in [1.165, 1.54) is 11.1 Å². The van der Waals surface area contributed by atoms with Gasteiger partial charge < -0.3 is 9.30 Å². The Hall–Kier alpha value is -2.44. The lowest BCUT2D eigenvalue weighted by Gasteiger charge is -2.17. The van der Waals surface area contributed by atoms with Gasteiger partial charge in [-0.05, 0) is 54.8 Å². The van der Waals surface area contributed by atoms with E-state index in [4.69, 9.17) is 4.74 Å². The van der Waals surface area contributed by atoms with Crippen molar-refractivity contribution in [2.45, 2.75) is 46.3 Å². The first-order chi connectivity index (χ1) is 13.2. The van der Waals surface area contributed by atoms with Crippen molar-refractivity contribution in [1.29, 1.82) is 0 Å². The predicted molar refractivity (Wildman–Crippen MR) is 118 cm³/mol. The van der Waals surface area contributed by atoms with E-state index in [1.54, 1.807) is 12.1 Å². The summed E-state index contributed by atoms with van der Waals surface area (Å²) in [5.74, 6) is 0. The fraction of sp³-hybridized carbons (Fsp3) is 0.364. The molecule has 5 nitrogen and oxygen atoms in total. The summed E-state index contributed by atoms with van der Waals surface area (Å²) in [7, 11) is -1.17. The Morgan fingerprint density at radius 3 is 2.43 bits per heavy atom. The first kappa shape index (κ1) is 20.3. The van der Waals surface area contributed by atoms with Gasteiger partial charge in [-0.25, -0.2) is 0 Å². The molecule has 0 amide bonds. The van der Waals surface area contributed by atoms with E-state index >= 15 is 0 Å². The van der Waals surface area contributed by atoms with Crippen LogP contribution in [-0.2, 0) is 11.5 Å². The fourth-order valence-corrected chi connectivity index (χ4v) is 3.93. The molecule has 1 heterocycles. The number of nitro groups is 1. The summed E-state index contributed by atoms with van der Waals surface area (Å²) in [5, 5.41) is 12.2. The summed E-state index contributed by atoms with van der Waals surface area (Å²) in [4.78, 5) is 10.9. The lowest BCUT2D eigenvalue weighted by molar-refractivity contribution is -0.384. The number of aromatic nitrogens is 1. The third-order valence-corrected chi connectivity index (χ3v) is 6.82. The molecule has 0 aliphatic heterocycles. The van der Waals surface area contributed by atoms with Gasteiger partial charge in [-0.2, -0.15) is 0 Å². The molecular weight excluding hydrogens is 368 g/mol. The van der Waals surface area contributed by atoms with Crippen LogP contribution in [0, 0.1) is 24.0 Å². The van der Waals surface area contributed by atoms with Gasteiger partial charge in [-0.3, -0.25) is 10.1 Å². The average Bonchev–Trinajstić information content (AvgIpc) is 2.98. The van der Waals surface area contributed by atoms with Crippen molar-refractivity contribution >= 4 is 24.7 Å². The van der Waals surface area contributed by atoms with Crippen LogP contribution in [0.3, 0.4) is 0 Å². The second-order valence-electron chi connectivity index (χ2n) is 8.60. The van der Waals surface area contributed by atoms with Gasteiger partial charge in [0.05, 0.1) is 16.1 Å². The Morgan fingerprint density at radius 2 is 1.79 bits per heavy atom. The molecule has 0 bridgehead atoms. The van der Waals surface area contributed by atoms with Crippen molar-refractivity contribution < 1.29 is 9.66 Å². The largest absolute Gasteiger partial charge is 0.361 e.